The lowest BCUT2D eigenvalue weighted by Gasteiger charge is -2.32. The normalized spacial score (nSPS) is 14.5. The van der Waals surface area contributed by atoms with Gasteiger partial charge in [-0.3, -0.25) is 9.59 Å². The fraction of sp³-hybridized carbons (Fsp3) is 0.214. The Morgan fingerprint density at radius 1 is 0.941 bits per heavy atom. The van der Waals surface area contributed by atoms with E-state index >= 15 is 0 Å². The maximum atomic E-state index is 14.0. The minimum atomic E-state index is -0.517. The van der Waals surface area contributed by atoms with Crippen LogP contribution in [0.4, 0.5) is 4.39 Å². The number of nitrogens with one attached hydrogen (secondary N) is 1. The van der Waals surface area contributed by atoms with Gasteiger partial charge in [0.15, 0.2) is 0 Å². The van der Waals surface area contributed by atoms with Gasteiger partial charge in [0, 0.05) is 30.3 Å². The van der Waals surface area contributed by atoms with Gasteiger partial charge >= 0.3 is 0 Å². The maximum Gasteiger partial charge on any atom is 0.256 e. The Hall–Kier alpha value is -3.93. The average Bonchev–Trinajstić information content (AvgIpc) is 2.88. The zero-order valence-corrected chi connectivity index (χ0v) is 19.0. The number of likely N-dealkylation sites (tertiary alicyclic amines) is 1. The molecular formula is C28H27FN2O3. The molecule has 0 saturated carbocycles. The number of benzene rings is 3. The van der Waals surface area contributed by atoms with Crippen LogP contribution in [-0.4, -0.2) is 43.0 Å². The molecule has 1 heterocycles. The molecule has 0 radical (unpaired) electrons. The lowest BCUT2D eigenvalue weighted by atomic mass is 9.99. The molecule has 2 amide bonds. The number of nitrogens with zero attached hydrogens (tertiary/aromatic N) is 1. The van der Waals surface area contributed by atoms with Crippen LogP contribution in [0.5, 0.6) is 5.75 Å². The quantitative estimate of drug-likeness (QED) is 0.427. The van der Waals surface area contributed by atoms with Gasteiger partial charge in [0.2, 0.25) is 0 Å². The zero-order chi connectivity index (χ0) is 23.9. The van der Waals surface area contributed by atoms with Crippen molar-refractivity contribution < 1.29 is 18.7 Å². The van der Waals surface area contributed by atoms with E-state index in [4.69, 9.17) is 4.74 Å². The predicted octanol–water partition coefficient (Wildman–Crippen LogP) is 4.80. The molecule has 1 aliphatic rings. The first-order valence-corrected chi connectivity index (χ1v) is 11.3. The number of amides is 2. The molecule has 1 aliphatic heterocycles. The first-order chi connectivity index (χ1) is 16.6. The molecule has 34 heavy (non-hydrogen) atoms. The number of piperidine rings is 1. The summed E-state index contributed by atoms with van der Waals surface area (Å²) in [7, 11) is 1.60. The molecule has 174 valence electrons. The molecule has 3 aromatic rings. The van der Waals surface area contributed by atoms with Crippen molar-refractivity contribution in [3.8, 4) is 5.75 Å². The molecule has 6 heteroatoms. The van der Waals surface area contributed by atoms with E-state index in [0.29, 0.717) is 37.3 Å². The third-order valence-electron chi connectivity index (χ3n) is 5.99. The number of halogens is 1. The van der Waals surface area contributed by atoms with Gasteiger partial charge in [0.25, 0.3) is 11.8 Å². The van der Waals surface area contributed by atoms with E-state index in [1.54, 1.807) is 24.1 Å². The third kappa shape index (κ3) is 5.34. The highest BCUT2D eigenvalue weighted by Crippen LogP contribution is 2.25. The van der Waals surface area contributed by atoms with Gasteiger partial charge in [-0.15, -0.1) is 0 Å². The lowest BCUT2D eigenvalue weighted by molar-refractivity contribution is -0.116. The lowest BCUT2D eigenvalue weighted by Crippen LogP contribution is -2.46. The Balaban J connectivity index is 1.47. The Bertz CT molecular complexity index is 1190. The van der Waals surface area contributed by atoms with E-state index in [9.17, 15) is 14.0 Å². The van der Waals surface area contributed by atoms with Gasteiger partial charge in [-0.25, -0.2) is 4.39 Å². The van der Waals surface area contributed by atoms with Crippen molar-refractivity contribution >= 4 is 23.5 Å². The molecular weight excluding hydrogens is 431 g/mol. The van der Waals surface area contributed by atoms with Crippen LogP contribution >= 0.6 is 0 Å². The monoisotopic (exact) mass is 458 g/mol. The van der Waals surface area contributed by atoms with E-state index < -0.39 is 5.82 Å². The molecule has 0 unspecified atom stereocenters. The van der Waals surface area contributed by atoms with Crippen LogP contribution in [0.15, 0.2) is 78.9 Å². The minimum Gasteiger partial charge on any atom is -0.496 e. The van der Waals surface area contributed by atoms with Gasteiger partial charge in [-0.1, -0.05) is 60.7 Å². The number of methoxy groups -OCH3 is 1. The van der Waals surface area contributed by atoms with Crippen molar-refractivity contribution in [2.75, 3.05) is 20.2 Å². The molecule has 1 fully saturated rings. The number of para-hydroxylation sites is 1. The first kappa shape index (κ1) is 23.2. The fourth-order valence-electron chi connectivity index (χ4n) is 4.13. The molecule has 1 N–H and O–H groups in total. The van der Waals surface area contributed by atoms with Crippen molar-refractivity contribution in [1.29, 1.82) is 0 Å². The standard InChI is InChI=1S/C28H27FN2O3/c1-34-26-14-8-5-11-21(26)19-24(20-9-3-2-4-10-20)27(32)30-22-15-17-31(18-16-22)28(33)23-12-6-7-13-25(23)29/h2-14,19,22H,15-18H2,1H3,(H,30,32). The number of carbonyl (C=O) groups is 2. The Kier molecular flexibility index (Phi) is 7.38. The van der Waals surface area contributed by atoms with Crippen LogP contribution in [-0.2, 0) is 4.79 Å². The van der Waals surface area contributed by atoms with Crippen molar-refractivity contribution in [3.05, 3.63) is 101 Å². The van der Waals surface area contributed by atoms with Crippen LogP contribution in [0.25, 0.3) is 11.6 Å². The second kappa shape index (κ2) is 10.8. The number of rotatable bonds is 6. The fourth-order valence-corrected chi connectivity index (χ4v) is 4.13. The Morgan fingerprint density at radius 2 is 1.59 bits per heavy atom. The van der Waals surface area contributed by atoms with Crippen LogP contribution in [0.3, 0.4) is 0 Å². The van der Waals surface area contributed by atoms with Crippen LogP contribution in [0, 0.1) is 5.82 Å². The van der Waals surface area contributed by atoms with E-state index in [-0.39, 0.29) is 23.4 Å². The van der Waals surface area contributed by atoms with E-state index in [0.717, 1.165) is 11.1 Å². The van der Waals surface area contributed by atoms with E-state index in [1.165, 1.54) is 12.1 Å². The zero-order valence-electron chi connectivity index (χ0n) is 19.0. The summed E-state index contributed by atoms with van der Waals surface area (Å²) in [5.41, 5.74) is 2.23. The van der Waals surface area contributed by atoms with Crippen molar-refractivity contribution in [2.24, 2.45) is 0 Å². The highest BCUT2D eigenvalue weighted by Gasteiger charge is 2.27. The highest BCUT2D eigenvalue weighted by atomic mass is 19.1. The van der Waals surface area contributed by atoms with E-state index in [2.05, 4.69) is 5.32 Å². The molecule has 0 spiro atoms. The maximum absolute atomic E-state index is 14.0. The molecule has 4 rings (SSSR count). The summed E-state index contributed by atoms with van der Waals surface area (Å²) in [6.45, 7) is 0.907. The highest BCUT2D eigenvalue weighted by molar-refractivity contribution is 6.24. The minimum absolute atomic E-state index is 0.0797. The second-order valence-electron chi connectivity index (χ2n) is 8.19. The number of carbonyl (C=O) groups excluding carboxylic acids is 2. The number of ether oxygens (including phenoxy) is 1. The van der Waals surface area contributed by atoms with Crippen LogP contribution in [0.2, 0.25) is 0 Å². The Morgan fingerprint density at radius 3 is 2.29 bits per heavy atom. The molecule has 1 saturated heterocycles. The van der Waals surface area contributed by atoms with Crippen molar-refractivity contribution in [3.63, 3.8) is 0 Å². The van der Waals surface area contributed by atoms with Gasteiger partial charge in [-0.2, -0.15) is 0 Å². The topological polar surface area (TPSA) is 58.6 Å². The molecule has 3 aromatic carbocycles. The largest absolute Gasteiger partial charge is 0.496 e. The number of hydrogen-bond acceptors (Lipinski definition) is 3. The SMILES string of the molecule is COc1ccccc1C=C(C(=O)NC1CCN(C(=O)c2ccccc2F)CC1)c1ccccc1. The molecule has 0 atom stereocenters. The van der Waals surface area contributed by atoms with Gasteiger partial charge in [-0.05, 0) is 42.7 Å². The first-order valence-electron chi connectivity index (χ1n) is 11.3. The summed E-state index contributed by atoms with van der Waals surface area (Å²) in [5, 5.41) is 3.13. The summed E-state index contributed by atoms with van der Waals surface area (Å²) in [4.78, 5) is 27.7. The molecule has 0 aromatic heterocycles. The average molecular weight is 459 g/mol. The number of hydrogen-bond donors (Lipinski definition) is 1. The van der Waals surface area contributed by atoms with Gasteiger partial charge < -0.3 is 15.0 Å². The third-order valence-corrected chi connectivity index (χ3v) is 5.99. The summed E-state index contributed by atoms with van der Waals surface area (Å²) in [6.07, 6.45) is 3.03. The molecule has 0 bridgehead atoms. The van der Waals surface area contributed by atoms with Crippen LogP contribution < -0.4 is 10.1 Å². The predicted molar refractivity (Wildman–Crippen MR) is 131 cm³/mol. The van der Waals surface area contributed by atoms with E-state index in [1.807, 2.05) is 60.7 Å². The summed E-state index contributed by atoms with van der Waals surface area (Å²) in [6, 6.07) is 23.0. The van der Waals surface area contributed by atoms with Crippen LogP contribution in [0.1, 0.15) is 34.3 Å². The second-order valence-corrected chi connectivity index (χ2v) is 8.19. The molecule has 0 aliphatic carbocycles. The van der Waals surface area contributed by atoms with Crippen molar-refractivity contribution in [1.82, 2.24) is 10.2 Å². The summed E-state index contributed by atoms with van der Waals surface area (Å²) in [5.74, 6) is -0.333. The smallest absolute Gasteiger partial charge is 0.256 e. The summed E-state index contributed by atoms with van der Waals surface area (Å²) < 4.78 is 19.5. The molecule has 5 nitrogen and oxygen atoms in total. The Labute approximate surface area is 198 Å². The summed E-state index contributed by atoms with van der Waals surface area (Å²) >= 11 is 0. The van der Waals surface area contributed by atoms with Gasteiger partial charge in [0.1, 0.15) is 11.6 Å². The van der Waals surface area contributed by atoms with Crippen molar-refractivity contribution in [2.45, 2.75) is 18.9 Å². The van der Waals surface area contributed by atoms with Gasteiger partial charge in [0.05, 0.1) is 12.7 Å².